The van der Waals surface area contributed by atoms with Crippen molar-refractivity contribution in [3.05, 3.63) is 58.1 Å². The highest BCUT2D eigenvalue weighted by Crippen LogP contribution is 2.30. The number of nitrogens with zero attached hydrogens (tertiary/aromatic N) is 1. The van der Waals surface area contributed by atoms with Crippen molar-refractivity contribution in [1.82, 2.24) is 0 Å². The Hall–Kier alpha value is -1.76. The number of carbonyl (C=O) groups excluding carboxylic acids is 1. The summed E-state index contributed by atoms with van der Waals surface area (Å²) in [5.74, 6) is -0.197. The molecule has 0 aliphatic carbocycles. The van der Waals surface area contributed by atoms with Gasteiger partial charge in [-0.15, -0.1) is 0 Å². The number of hydrogen-bond acceptors (Lipinski definition) is 3. The van der Waals surface area contributed by atoms with Crippen molar-refractivity contribution < 1.29 is 13.2 Å². The van der Waals surface area contributed by atoms with E-state index in [9.17, 15) is 13.2 Å². The summed E-state index contributed by atoms with van der Waals surface area (Å²) in [6, 6.07) is 11.4. The first-order valence-corrected chi connectivity index (χ1v) is 9.61. The predicted octanol–water partition coefficient (Wildman–Crippen LogP) is 3.79. The number of rotatable bonds is 3. The smallest absolute Gasteiger partial charge is 0.255 e. The van der Waals surface area contributed by atoms with Gasteiger partial charge in [-0.2, -0.15) is 0 Å². The van der Waals surface area contributed by atoms with Gasteiger partial charge in [0.05, 0.1) is 27.2 Å². The zero-order chi connectivity index (χ0) is 17.3. The zero-order valence-corrected chi connectivity index (χ0v) is 14.8. The summed E-state index contributed by atoms with van der Waals surface area (Å²) in [7, 11) is -3.23. The van der Waals surface area contributed by atoms with E-state index in [1.54, 1.807) is 42.5 Å². The monoisotopic (exact) mass is 384 g/mol. The van der Waals surface area contributed by atoms with E-state index in [2.05, 4.69) is 5.32 Å². The van der Waals surface area contributed by atoms with E-state index >= 15 is 0 Å². The standard InChI is InChI=1S/C16H14Cl2N2O3S/c17-13-3-1-4-14(15(13)18)19-16(21)11-5-7-12(8-6-11)20-9-2-10-24(20,22)23/h1,3-8H,2,9-10H2,(H,19,21). The molecule has 1 amide bonds. The Kier molecular flexibility index (Phi) is 4.71. The molecule has 0 spiro atoms. The highest BCUT2D eigenvalue weighted by molar-refractivity contribution is 7.93. The number of amides is 1. The first kappa shape index (κ1) is 17.1. The van der Waals surface area contributed by atoms with E-state index in [-0.39, 0.29) is 16.7 Å². The molecule has 24 heavy (non-hydrogen) atoms. The molecule has 8 heteroatoms. The molecule has 0 atom stereocenters. The van der Waals surface area contributed by atoms with Crippen LogP contribution >= 0.6 is 23.2 Å². The van der Waals surface area contributed by atoms with Crippen LogP contribution in [0.25, 0.3) is 0 Å². The molecule has 1 N–H and O–H groups in total. The van der Waals surface area contributed by atoms with Crippen LogP contribution < -0.4 is 9.62 Å². The molecule has 0 saturated carbocycles. The Morgan fingerprint density at radius 3 is 2.42 bits per heavy atom. The van der Waals surface area contributed by atoms with Crippen LogP contribution in [-0.2, 0) is 10.0 Å². The zero-order valence-electron chi connectivity index (χ0n) is 12.5. The minimum absolute atomic E-state index is 0.155. The Labute approximate surface area is 150 Å². The fourth-order valence-electron chi connectivity index (χ4n) is 2.50. The van der Waals surface area contributed by atoms with Gasteiger partial charge in [-0.25, -0.2) is 8.42 Å². The maximum atomic E-state index is 12.3. The van der Waals surface area contributed by atoms with Crippen molar-refractivity contribution in [2.45, 2.75) is 6.42 Å². The lowest BCUT2D eigenvalue weighted by Crippen LogP contribution is -2.25. The average Bonchev–Trinajstić information content (AvgIpc) is 2.91. The maximum Gasteiger partial charge on any atom is 0.255 e. The Morgan fingerprint density at radius 1 is 1.08 bits per heavy atom. The Morgan fingerprint density at radius 2 is 1.79 bits per heavy atom. The fraction of sp³-hybridized carbons (Fsp3) is 0.188. The molecule has 0 bridgehead atoms. The number of hydrogen-bond donors (Lipinski definition) is 1. The first-order chi connectivity index (χ1) is 11.4. The third kappa shape index (κ3) is 3.36. The summed E-state index contributed by atoms with van der Waals surface area (Å²) >= 11 is 12.0. The first-order valence-electron chi connectivity index (χ1n) is 7.24. The van der Waals surface area contributed by atoms with Crippen LogP contribution in [0, 0.1) is 0 Å². The van der Waals surface area contributed by atoms with Crippen LogP contribution in [-0.4, -0.2) is 26.6 Å². The fourth-order valence-corrected chi connectivity index (χ4v) is 4.42. The molecule has 0 aromatic heterocycles. The van der Waals surface area contributed by atoms with E-state index in [4.69, 9.17) is 23.2 Å². The topological polar surface area (TPSA) is 66.5 Å². The van der Waals surface area contributed by atoms with Crippen molar-refractivity contribution in [2.24, 2.45) is 0 Å². The molecule has 1 aliphatic heterocycles. The van der Waals surface area contributed by atoms with Crippen LogP contribution in [0.1, 0.15) is 16.8 Å². The number of sulfonamides is 1. The van der Waals surface area contributed by atoms with Gasteiger partial charge in [-0.1, -0.05) is 29.3 Å². The lowest BCUT2D eigenvalue weighted by Gasteiger charge is -2.17. The predicted molar refractivity (Wildman–Crippen MR) is 96.6 cm³/mol. The molecule has 0 unspecified atom stereocenters. The third-order valence-corrected chi connectivity index (χ3v) is 6.40. The molecule has 1 heterocycles. The number of carbonyl (C=O) groups is 1. The van der Waals surface area contributed by atoms with Crippen molar-refractivity contribution in [2.75, 3.05) is 21.9 Å². The van der Waals surface area contributed by atoms with E-state index in [0.29, 0.717) is 34.9 Å². The molecule has 2 aromatic carbocycles. The number of halogens is 2. The molecule has 2 aromatic rings. The largest absolute Gasteiger partial charge is 0.321 e. The van der Waals surface area contributed by atoms with Crippen LogP contribution in [0.2, 0.25) is 10.0 Å². The molecule has 5 nitrogen and oxygen atoms in total. The lowest BCUT2D eigenvalue weighted by molar-refractivity contribution is 0.102. The van der Waals surface area contributed by atoms with Crippen LogP contribution in [0.15, 0.2) is 42.5 Å². The summed E-state index contributed by atoms with van der Waals surface area (Å²) in [5, 5.41) is 3.31. The summed E-state index contributed by atoms with van der Waals surface area (Å²) < 4.78 is 25.2. The molecule has 3 rings (SSSR count). The molecule has 126 valence electrons. The van der Waals surface area contributed by atoms with Gasteiger partial charge >= 0.3 is 0 Å². The molecule has 1 saturated heterocycles. The highest BCUT2D eigenvalue weighted by atomic mass is 35.5. The summed E-state index contributed by atoms with van der Waals surface area (Å²) in [6.07, 6.45) is 0.609. The number of nitrogens with one attached hydrogen (secondary N) is 1. The van der Waals surface area contributed by atoms with Gasteiger partial charge in [-0.3, -0.25) is 9.10 Å². The van der Waals surface area contributed by atoms with Gasteiger partial charge in [0.25, 0.3) is 5.91 Å². The van der Waals surface area contributed by atoms with Crippen molar-refractivity contribution in [3.63, 3.8) is 0 Å². The number of anilines is 2. The minimum Gasteiger partial charge on any atom is -0.321 e. The van der Waals surface area contributed by atoms with E-state index in [0.717, 1.165) is 0 Å². The second kappa shape index (κ2) is 6.63. The van der Waals surface area contributed by atoms with Crippen molar-refractivity contribution in [1.29, 1.82) is 0 Å². The van der Waals surface area contributed by atoms with Gasteiger partial charge < -0.3 is 5.32 Å². The summed E-state index contributed by atoms with van der Waals surface area (Å²) in [6.45, 7) is 0.464. The van der Waals surface area contributed by atoms with E-state index in [1.165, 1.54) is 4.31 Å². The Bertz CT molecular complexity index is 883. The molecule has 0 radical (unpaired) electrons. The molecular formula is C16H14Cl2N2O3S. The minimum atomic E-state index is -3.23. The molecule has 1 fully saturated rings. The van der Waals surface area contributed by atoms with Gasteiger partial charge in [-0.05, 0) is 42.8 Å². The average molecular weight is 385 g/mol. The third-order valence-electron chi connectivity index (χ3n) is 3.72. The normalized spacial score (nSPS) is 16.2. The Balaban J connectivity index is 1.78. The quantitative estimate of drug-likeness (QED) is 0.875. The molecular weight excluding hydrogens is 371 g/mol. The van der Waals surface area contributed by atoms with Crippen LogP contribution in [0.4, 0.5) is 11.4 Å². The van der Waals surface area contributed by atoms with Crippen molar-refractivity contribution >= 4 is 50.5 Å². The van der Waals surface area contributed by atoms with E-state index < -0.39 is 10.0 Å². The lowest BCUT2D eigenvalue weighted by atomic mass is 10.2. The van der Waals surface area contributed by atoms with E-state index in [1.807, 2.05) is 0 Å². The van der Waals surface area contributed by atoms with Gasteiger partial charge in [0.1, 0.15) is 0 Å². The highest BCUT2D eigenvalue weighted by Gasteiger charge is 2.28. The van der Waals surface area contributed by atoms with Gasteiger partial charge in [0.15, 0.2) is 0 Å². The van der Waals surface area contributed by atoms with Gasteiger partial charge in [0, 0.05) is 12.1 Å². The maximum absolute atomic E-state index is 12.3. The van der Waals surface area contributed by atoms with Gasteiger partial charge in [0.2, 0.25) is 10.0 Å². The van der Waals surface area contributed by atoms with Crippen molar-refractivity contribution in [3.8, 4) is 0 Å². The SMILES string of the molecule is O=C(Nc1cccc(Cl)c1Cl)c1ccc(N2CCCS2(=O)=O)cc1. The van der Waals surface area contributed by atoms with Crippen LogP contribution in [0.3, 0.4) is 0 Å². The van der Waals surface area contributed by atoms with Crippen LogP contribution in [0.5, 0.6) is 0 Å². The molecule has 1 aliphatic rings. The summed E-state index contributed by atoms with van der Waals surface area (Å²) in [5.41, 5.74) is 1.37. The second-order valence-corrected chi connectivity index (χ2v) is 8.14. The number of benzene rings is 2. The second-order valence-electron chi connectivity index (χ2n) is 5.34. The summed E-state index contributed by atoms with van der Waals surface area (Å²) in [4.78, 5) is 12.3.